The van der Waals surface area contributed by atoms with Crippen molar-refractivity contribution in [3.63, 3.8) is 0 Å². The van der Waals surface area contributed by atoms with E-state index in [1.165, 1.54) is 12.8 Å². The molecule has 2 nitrogen and oxygen atoms in total. The first kappa shape index (κ1) is 13.0. The maximum Gasteiger partial charge on any atom is 0.141 e. The predicted molar refractivity (Wildman–Crippen MR) is 67.9 cm³/mol. The van der Waals surface area contributed by atoms with Crippen molar-refractivity contribution in [1.29, 1.82) is 0 Å². The van der Waals surface area contributed by atoms with Crippen LogP contribution >= 0.6 is 0 Å². The number of pyridine rings is 1. The molecular weight excluding hydrogens is 198 g/mol. The molecule has 1 fully saturated rings. The number of nitrogens with zero attached hydrogens (tertiary/aromatic N) is 1. The third-order valence-corrected chi connectivity index (χ3v) is 2.30. The van der Waals surface area contributed by atoms with E-state index in [4.69, 9.17) is 4.74 Å². The average Bonchev–Trinajstić information content (AvgIpc) is 3.04. The molecule has 0 bridgehead atoms. The Morgan fingerprint density at radius 2 is 1.88 bits per heavy atom. The van der Waals surface area contributed by atoms with E-state index in [9.17, 15) is 0 Å². The van der Waals surface area contributed by atoms with Crippen LogP contribution in [0.5, 0.6) is 5.75 Å². The Kier molecular flexibility index (Phi) is 4.34. The number of aromatic nitrogens is 1. The highest BCUT2D eigenvalue weighted by Gasteiger charge is 2.27. The molecule has 0 N–H and O–H groups in total. The molecule has 16 heavy (non-hydrogen) atoms. The van der Waals surface area contributed by atoms with E-state index in [1.54, 1.807) is 0 Å². The fraction of sp³-hybridized carbons (Fsp3) is 0.643. The third kappa shape index (κ3) is 3.51. The molecule has 2 rings (SSSR count). The molecule has 0 aliphatic heterocycles. The van der Waals surface area contributed by atoms with Crippen LogP contribution in [0.3, 0.4) is 0 Å². The van der Waals surface area contributed by atoms with Crippen LogP contribution < -0.4 is 4.74 Å². The summed E-state index contributed by atoms with van der Waals surface area (Å²) in [6.45, 7) is 10.5. The molecule has 0 amide bonds. The van der Waals surface area contributed by atoms with Crippen LogP contribution in [-0.4, -0.2) is 11.1 Å². The van der Waals surface area contributed by atoms with E-state index in [0.29, 0.717) is 6.10 Å². The highest BCUT2D eigenvalue weighted by molar-refractivity contribution is 5.32. The Morgan fingerprint density at radius 1 is 1.25 bits per heavy atom. The second-order valence-corrected chi connectivity index (χ2v) is 4.92. The highest BCUT2D eigenvalue weighted by Crippen LogP contribution is 2.33. The molecule has 1 aliphatic rings. The summed E-state index contributed by atoms with van der Waals surface area (Å²) < 4.78 is 5.82. The monoisotopic (exact) mass is 221 g/mol. The van der Waals surface area contributed by atoms with Crippen molar-refractivity contribution in [1.82, 2.24) is 4.98 Å². The molecular formula is C14H23NO. The Morgan fingerprint density at radius 3 is 2.38 bits per heavy atom. The van der Waals surface area contributed by atoms with Gasteiger partial charge in [0, 0.05) is 11.6 Å². The van der Waals surface area contributed by atoms with Crippen LogP contribution in [0.25, 0.3) is 0 Å². The zero-order chi connectivity index (χ0) is 12.2. The van der Waals surface area contributed by atoms with E-state index < -0.39 is 0 Å². The van der Waals surface area contributed by atoms with Crippen LogP contribution in [0.4, 0.5) is 0 Å². The maximum atomic E-state index is 5.82. The van der Waals surface area contributed by atoms with Crippen LogP contribution in [0, 0.1) is 0 Å². The van der Waals surface area contributed by atoms with E-state index >= 15 is 0 Å². The summed E-state index contributed by atoms with van der Waals surface area (Å²) in [6, 6.07) is 3.96. The third-order valence-electron chi connectivity index (χ3n) is 2.30. The molecule has 0 atom stereocenters. The van der Waals surface area contributed by atoms with E-state index in [0.717, 1.165) is 11.4 Å². The van der Waals surface area contributed by atoms with Crippen molar-refractivity contribution >= 4 is 0 Å². The molecule has 0 saturated heterocycles. The van der Waals surface area contributed by atoms with Gasteiger partial charge in [0.2, 0.25) is 0 Å². The van der Waals surface area contributed by atoms with Gasteiger partial charge in [-0.25, -0.2) is 0 Å². The summed E-state index contributed by atoms with van der Waals surface area (Å²) >= 11 is 0. The topological polar surface area (TPSA) is 22.1 Å². The minimum Gasteiger partial charge on any atom is -0.488 e. The lowest BCUT2D eigenvalue weighted by Crippen LogP contribution is -2.15. The predicted octanol–water partition coefficient (Wildman–Crippen LogP) is 3.95. The minimum atomic E-state index is 0.0610. The molecule has 1 saturated carbocycles. The minimum absolute atomic E-state index is 0.0610. The summed E-state index contributed by atoms with van der Waals surface area (Å²) in [4.78, 5) is 4.41. The second kappa shape index (κ2) is 5.33. The van der Waals surface area contributed by atoms with Crippen LogP contribution in [-0.2, 0) is 5.41 Å². The number of hydrogen-bond acceptors (Lipinski definition) is 2. The van der Waals surface area contributed by atoms with Gasteiger partial charge in [0.15, 0.2) is 0 Å². The highest BCUT2D eigenvalue weighted by atomic mass is 16.5. The van der Waals surface area contributed by atoms with Gasteiger partial charge in [0.1, 0.15) is 5.75 Å². The molecule has 90 valence electrons. The van der Waals surface area contributed by atoms with Crippen molar-refractivity contribution in [2.45, 2.75) is 59.0 Å². The van der Waals surface area contributed by atoms with Crippen molar-refractivity contribution in [3.8, 4) is 5.75 Å². The summed E-state index contributed by atoms with van der Waals surface area (Å²) in [7, 11) is 0. The van der Waals surface area contributed by atoms with Gasteiger partial charge in [0.05, 0.1) is 11.8 Å². The summed E-state index contributed by atoms with van der Waals surface area (Å²) in [5.41, 5.74) is 1.12. The first-order valence-corrected chi connectivity index (χ1v) is 6.19. The van der Waals surface area contributed by atoms with E-state index in [2.05, 4.69) is 25.8 Å². The largest absolute Gasteiger partial charge is 0.488 e. The lowest BCUT2D eigenvalue weighted by atomic mass is 9.91. The molecule has 0 aromatic carbocycles. The van der Waals surface area contributed by atoms with Crippen LogP contribution in [0.2, 0.25) is 0 Å². The molecule has 2 heteroatoms. The fourth-order valence-electron chi connectivity index (χ4n) is 1.41. The SMILES string of the molecule is CC.CC(C)(C)c1ncccc1OC1CC1. The average molecular weight is 221 g/mol. The van der Waals surface area contributed by atoms with E-state index in [-0.39, 0.29) is 5.41 Å². The zero-order valence-corrected chi connectivity index (χ0v) is 11.1. The van der Waals surface area contributed by atoms with Crippen molar-refractivity contribution < 1.29 is 4.74 Å². The Balaban J connectivity index is 0.000000606. The van der Waals surface area contributed by atoms with Crippen molar-refractivity contribution in [2.24, 2.45) is 0 Å². The van der Waals surface area contributed by atoms with Gasteiger partial charge >= 0.3 is 0 Å². The first-order valence-electron chi connectivity index (χ1n) is 6.19. The Hall–Kier alpha value is -1.05. The van der Waals surface area contributed by atoms with Gasteiger partial charge in [-0.3, -0.25) is 4.98 Å². The molecule has 1 aromatic rings. The van der Waals surface area contributed by atoms with Gasteiger partial charge in [-0.1, -0.05) is 34.6 Å². The standard InChI is InChI=1S/C12H17NO.C2H6/c1-12(2,3)11-10(5-4-8-13-11)14-9-6-7-9;1-2/h4-5,8-9H,6-7H2,1-3H3;1-2H3. The Labute approximate surface area is 99.0 Å². The molecule has 0 spiro atoms. The van der Waals surface area contributed by atoms with Gasteiger partial charge in [-0.2, -0.15) is 0 Å². The maximum absolute atomic E-state index is 5.82. The summed E-state index contributed by atoms with van der Waals surface area (Å²) in [5.74, 6) is 0.961. The lowest BCUT2D eigenvalue weighted by Gasteiger charge is -2.20. The van der Waals surface area contributed by atoms with Crippen LogP contribution in [0.15, 0.2) is 18.3 Å². The first-order chi connectivity index (χ1) is 7.57. The number of ether oxygens (including phenoxy) is 1. The molecule has 1 aromatic heterocycles. The molecule has 0 unspecified atom stereocenters. The van der Waals surface area contributed by atoms with Gasteiger partial charge in [-0.15, -0.1) is 0 Å². The Bertz CT molecular complexity index is 324. The van der Waals surface area contributed by atoms with Crippen molar-refractivity contribution in [3.05, 3.63) is 24.0 Å². The number of hydrogen-bond donors (Lipinski definition) is 0. The number of rotatable bonds is 2. The van der Waals surface area contributed by atoms with Gasteiger partial charge in [-0.05, 0) is 25.0 Å². The molecule has 0 radical (unpaired) electrons. The van der Waals surface area contributed by atoms with Gasteiger partial charge < -0.3 is 4.74 Å². The molecule has 1 heterocycles. The van der Waals surface area contributed by atoms with Gasteiger partial charge in [0.25, 0.3) is 0 Å². The fourth-order valence-corrected chi connectivity index (χ4v) is 1.41. The normalized spacial score (nSPS) is 15.1. The smallest absolute Gasteiger partial charge is 0.141 e. The van der Waals surface area contributed by atoms with Crippen molar-refractivity contribution in [2.75, 3.05) is 0 Å². The zero-order valence-electron chi connectivity index (χ0n) is 11.1. The van der Waals surface area contributed by atoms with Crippen LogP contribution in [0.1, 0.15) is 53.2 Å². The van der Waals surface area contributed by atoms with E-state index in [1.807, 2.05) is 32.2 Å². The lowest BCUT2D eigenvalue weighted by molar-refractivity contribution is 0.292. The quantitative estimate of drug-likeness (QED) is 0.754. The summed E-state index contributed by atoms with van der Waals surface area (Å²) in [6.07, 6.45) is 4.66. The summed E-state index contributed by atoms with van der Waals surface area (Å²) in [5, 5.41) is 0. The molecule has 1 aliphatic carbocycles. The second-order valence-electron chi connectivity index (χ2n) is 4.92.